The third kappa shape index (κ3) is 2.47. The third-order valence-corrected chi connectivity index (χ3v) is 1.51. The third-order valence-electron chi connectivity index (χ3n) is 1.51. The lowest BCUT2D eigenvalue weighted by molar-refractivity contribution is -0.136. The van der Waals surface area contributed by atoms with E-state index in [0.29, 0.717) is 6.42 Å². The van der Waals surface area contributed by atoms with Crippen molar-refractivity contribution in [3.8, 4) is 0 Å². The first-order valence-electron chi connectivity index (χ1n) is 3.85. The Balaban J connectivity index is 2.92. The van der Waals surface area contributed by atoms with Crippen molar-refractivity contribution in [3.63, 3.8) is 0 Å². The molecule has 1 N–H and O–H groups in total. The van der Waals surface area contributed by atoms with Gasteiger partial charge in [-0.3, -0.25) is 4.79 Å². The van der Waals surface area contributed by atoms with Gasteiger partial charge in [0.15, 0.2) is 5.82 Å². The number of nitrogens with zero attached hydrogens (tertiary/aromatic N) is 2. The van der Waals surface area contributed by atoms with E-state index in [-0.39, 0.29) is 17.9 Å². The monoisotopic (exact) mass is 184 g/mol. The second-order valence-corrected chi connectivity index (χ2v) is 2.50. The zero-order chi connectivity index (χ0) is 9.84. The van der Waals surface area contributed by atoms with Crippen molar-refractivity contribution >= 4 is 5.97 Å². The quantitative estimate of drug-likeness (QED) is 0.754. The maximum atomic E-state index is 12.8. The summed E-state index contributed by atoms with van der Waals surface area (Å²) >= 11 is 0. The highest BCUT2D eigenvalue weighted by Crippen LogP contribution is 2.03. The van der Waals surface area contributed by atoms with Crippen LogP contribution in [0.2, 0.25) is 0 Å². The lowest BCUT2D eigenvalue weighted by atomic mass is 10.3. The van der Waals surface area contributed by atoms with Gasteiger partial charge in [-0.2, -0.15) is 0 Å². The van der Waals surface area contributed by atoms with Gasteiger partial charge in [-0.05, 0) is 6.42 Å². The van der Waals surface area contributed by atoms with Gasteiger partial charge in [0.2, 0.25) is 0 Å². The molecule has 0 radical (unpaired) electrons. The van der Waals surface area contributed by atoms with E-state index in [1.165, 1.54) is 0 Å². The standard InChI is InChI=1S/C8H9FN2O2/c1-2-6-5(9)4-10-7(11-6)3-8(12)13/h4H,2-3H2,1H3,(H,12,13). The van der Waals surface area contributed by atoms with Crippen LogP contribution in [0.25, 0.3) is 0 Å². The van der Waals surface area contributed by atoms with Gasteiger partial charge in [-0.25, -0.2) is 14.4 Å². The predicted molar refractivity (Wildman–Crippen MR) is 42.7 cm³/mol. The molecule has 0 aliphatic carbocycles. The van der Waals surface area contributed by atoms with Crippen LogP contribution in [-0.4, -0.2) is 21.0 Å². The highest BCUT2D eigenvalue weighted by molar-refractivity contribution is 5.68. The molecule has 0 unspecified atom stereocenters. The Morgan fingerprint density at radius 3 is 2.92 bits per heavy atom. The Kier molecular flexibility index (Phi) is 2.89. The molecule has 0 saturated heterocycles. The summed E-state index contributed by atoms with van der Waals surface area (Å²) in [4.78, 5) is 17.6. The number of aliphatic carboxylic acids is 1. The van der Waals surface area contributed by atoms with Crippen LogP contribution < -0.4 is 0 Å². The van der Waals surface area contributed by atoms with Gasteiger partial charge in [0.25, 0.3) is 0 Å². The fourth-order valence-electron chi connectivity index (χ4n) is 0.912. The van der Waals surface area contributed by atoms with E-state index < -0.39 is 11.8 Å². The molecule has 13 heavy (non-hydrogen) atoms. The van der Waals surface area contributed by atoms with Crippen molar-refractivity contribution in [3.05, 3.63) is 23.5 Å². The summed E-state index contributed by atoms with van der Waals surface area (Å²) in [5, 5.41) is 8.43. The first-order chi connectivity index (χ1) is 6.13. The van der Waals surface area contributed by atoms with Gasteiger partial charge >= 0.3 is 5.97 Å². The largest absolute Gasteiger partial charge is 0.481 e. The zero-order valence-electron chi connectivity index (χ0n) is 7.12. The predicted octanol–water partition coefficient (Wildman–Crippen LogP) is 0.805. The first-order valence-corrected chi connectivity index (χ1v) is 3.85. The molecule has 5 heteroatoms. The van der Waals surface area contributed by atoms with Gasteiger partial charge in [-0.1, -0.05) is 6.92 Å². The molecule has 1 aromatic heterocycles. The molecule has 0 saturated carbocycles. The normalized spacial score (nSPS) is 10.0. The molecule has 1 heterocycles. The molecule has 0 atom stereocenters. The SMILES string of the molecule is CCc1nc(CC(=O)O)ncc1F. The van der Waals surface area contributed by atoms with Crippen molar-refractivity contribution < 1.29 is 14.3 Å². The Labute approximate surface area is 74.5 Å². The molecule has 0 bridgehead atoms. The van der Waals surface area contributed by atoms with Gasteiger partial charge < -0.3 is 5.11 Å². The van der Waals surface area contributed by atoms with Crippen LogP contribution in [0.4, 0.5) is 4.39 Å². The minimum Gasteiger partial charge on any atom is -0.481 e. The van der Waals surface area contributed by atoms with Crippen molar-refractivity contribution in [1.29, 1.82) is 0 Å². The number of rotatable bonds is 3. The van der Waals surface area contributed by atoms with Gasteiger partial charge in [0, 0.05) is 0 Å². The lowest BCUT2D eigenvalue weighted by Crippen LogP contribution is -2.07. The molecule has 70 valence electrons. The van der Waals surface area contributed by atoms with Crippen molar-refractivity contribution in [2.24, 2.45) is 0 Å². The molecule has 0 aliphatic rings. The first kappa shape index (κ1) is 9.57. The van der Waals surface area contributed by atoms with Crippen LogP contribution in [0.1, 0.15) is 18.4 Å². The summed E-state index contributed by atoms with van der Waals surface area (Å²) in [5.41, 5.74) is 0.256. The van der Waals surface area contributed by atoms with Crippen LogP contribution in [0.3, 0.4) is 0 Å². The van der Waals surface area contributed by atoms with E-state index >= 15 is 0 Å². The Bertz CT molecular complexity index is 328. The van der Waals surface area contributed by atoms with Gasteiger partial charge in [0.1, 0.15) is 12.2 Å². The molecule has 0 amide bonds. The summed E-state index contributed by atoms with van der Waals surface area (Å²) in [6, 6.07) is 0. The Morgan fingerprint density at radius 2 is 2.38 bits per heavy atom. The average molecular weight is 184 g/mol. The van der Waals surface area contributed by atoms with Crippen molar-refractivity contribution in [1.82, 2.24) is 9.97 Å². The topological polar surface area (TPSA) is 63.1 Å². The maximum Gasteiger partial charge on any atom is 0.311 e. The van der Waals surface area contributed by atoms with E-state index in [1.54, 1.807) is 6.92 Å². The number of halogens is 1. The Morgan fingerprint density at radius 1 is 1.69 bits per heavy atom. The van der Waals surface area contributed by atoms with Crippen LogP contribution in [0.5, 0.6) is 0 Å². The lowest BCUT2D eigenvalue weighted by Gasteiger charge is -2.00. The van der Waals surface area contributed by atoms with Crippen LogP contribution in [0, 0.1) is 5.82 Å². The number of carboxylic acid groups (broad SMARTS) is 1. The van der Waals surface area contributed by atoms with E-state index in [2.05, 4.69) is 9.97 Å². The minimum absolute atomic E-state index is 0.144. The average Bonchev–Trinajstić information content (AvgIpc) is 2.07. The zero-order valence-corrected chi connectivity index (χ0v) is 7.12. The molecule has 1 aromatic rings. The number of aromatic nitrogens is 2. The number of aryl methyl sites for hydroxylation is 1. The summed E-state index contributed by atoms with van der Waals surface area (Å²) < 4.78 is 12.8. The second-order valence-electron chi connectivity index (χ2n) is 2.50. The molecule has 0 aromatic carbocycles. The number of hydrogen-bond donors (Lipinski definition) is 1. The van der Waals surface area contributed by atoms with Crippen LogP contribution in [0.15, 0.2) is 6.20 Å². The number of hydrogen-bond acceptors (Lipinski definition) is 3. The van der Waals surface area contributed by atoms with Crippen LogP contribution in [-0.2, 0) is 17.6 Å². The fourth-order valence-corrected chi connectivity index (χ4v) is 0.912. The van der Waals surface area contributed by atoms with Gasteiger partial charge in [-0.15, -0.1) is 0 Å². The Hall–Kier alpha value is -1.52. The summed E-state index contributed by atoms with van der Waals surface area (Å²) in [6.07, 6.45) is 1.17. The van der Waals surface area contributed by atoms with E-state index in [1.807, 2.05) is 0 Å². The maximum absolute atomic E-state index is 12.8. The highest BCUT2D eigenvalue weighted by atomic mass is 19.1. The minimum atomic E-state index is -1.02. The molecule has 0 aliphatic heterocycles. The molecule has 1 rings (SSSR count). The summed E-state index contributed by atoms with van der Waals surface area (Å²) in [7, 11) is 0. The van der Waals surface area contributed by atoms with E-state index in [4.69, 9.17) is 5.11 Å². The smallest absolute Gasteiger partial charge is 0.311 e. The molecule has 0 fully saturated rings. The number of carboxylic acids is 1. The van der Waals surface area contributed by atoms with Crippen molar-refractivity contribution in [2.45, 2.75) is 19.8 Å². The van der Waals surface area contributed by atoms with Crippen LogP contribution >= 0.6 is 0 Å². The van der Waals surface area contributed by atoms with E-state index in [9.17, 15) is 9.18 Å². The second kappa shape index (κ2) is 3.93. The van der Waals surface area contributed by atoms with E-state index in [0.717, 1.165) is 6.20 Å². The fraction of sp³-hybridized carbons (Fsp3) is 0.375. The summed E-state index contributed by atoms with van der Waals surface area (Å²) in [6.45, 7) is 1.75. The van der Waals surface area contributed by atoms with Gasteiger partial charge in [0.05, 0.1) is 11.9 Å². The summed E-state index contributed by atoms with van der Waals surface area (Å²) in [5.74, 6) is -1.36. The highest BCUT2D eigenvalue weighted by Gasteiger charge is 2.07. The molecule has 0 spiro atoms. The molecular formula is C8H9FN2O2. The van der Waals surface area contributed by atoms with Crippen molar-refractivity contribution in [2.75, 3.05) is 0 Å². The number of carbonyl (C=O) groups is 1. The molecular weight excluding hydrogens is 175 g/mol. The molecule has 4 nitrogen and oxygen atoms in total.